The molecule has 0 radical (unpaired) electrons. The Bertz CT molecular complexity index is 1010. The molecule has 1 aromatic heterocycles. The number of hydrogen-bond donors (Lipinski definition) is 2. The average Bonchev–Trinajstić information content (AvgIpc) is 3.06. The van der Waals surface area contributed by atoms with Gasteiger partial charge in [0.2, 0.25) is 5.91 Å². The van der Waals surface area contributed by atoms with Gasteiger partial charge in [0, 0.05) is 23.3 Å². The Morgan fingerprint density at radius 3 is 2.48 bits per heavy atom. The summed E-state index contributed by atoms with van der Waals surface area (Å²) in [5, 5.41) is 14.7. The molecule has 2 N–H and O–H groups in total. The molecule has 2 aromatic carbocycles. The number of anilines is 1. The number of thioether (sulfide) groups is 1. The SMILES string of the molecule is Cn1c(CNC(=O)c2ccc(F)cc2)nnc1SCC(=O)Nc1ccc(Cl)cc1. The minimum Gasteiger partial charge on any atom is -0.345 e. The number of amides is 2. The van der Waals surface area contributed by atoms with Gasteiger partial charge in [-0.05, 0) is 48.5 Å². The van der Waals surface area contributed by atoms with Crippen molar-refractivity contribution in [3.63, 3.8) is 0 Å². The third kappa shape index (κ3) is 5.78. The van der Waals surface area contributed by atoms with Crippen LogP contribution in [0.1, 0.15) is 16.2 Å². The summed E-state index contributed by atoms with van der Waals surface area (Å²) in [7, 11) is 1.75. The highest BCUT2D eigenvalue weighted by atomic mass is 35.5. The summed E-state index contributed by atoms with van der Waals surface area (Å²) in [6.07, 6.45) is 0. The molecule has 10 heteroatoms. The van der Waals surface area contributed by atoms with Crippen molar-refractivity contribution in [2.45, 2.75) is 11.7 Å². The number of nitrogens with zero attached hydrogens (tertiary/aromatic N) is 3. The fourth-order valence-electron chi connectivity index (χ4n) is 2.35. The maximum atomic E-state index is 12.9. The second-order valence-corrected chi connectivity index (χ2v) is 7.37. The maximum Gasteiger partial charge on any atom is 0.251 e. The van der Waals surface area contributed by atoms with Gasteiger partial charge in [-0.3, -0.25) is 9.59 Å². The summed E-state index contributed by atoms with van der Waals surface area (Å²) in [5.74, 6) is -0.259. The van der Waals surface area contributed by atoms with Crippen LogP contribution in [0, 0.1) is 5.82 Å². The quantitative estimate of drug-likeness (QED) is 0.558. The van der Waals surface area contributed by atoms with Gasteiger partial charge in [-0.15, -0.1) is 10.2 Å². The molecular weight excluding hydrogens is 417 g/mol. The Hall–Kier alpha value is -2.91. The molecule has 0 aliphatic carbocycles. The lowest BCUT2D eigenvalue weighted by molar-refractivity contribution is -0.113. The van der Waals surface area contributed by atoms with Crippen LogP contribution in [0.25, 0.3) is 0 Å². The lowest BCUT2D eigenvalue weighted by Crippen LogP contribution is -2.24. The van der Waals surface area contributed by atoms with Crippen LogP contribution < -0.4 is 10.6 Å². The van der Waals surface area contributed by atoms with Crippen molar-refractivity contribution in [3.05, 3.63) is 70.8 Å². The van der Waals surface area contributed by atoms with Crippen LogP contribution >= 0.6 is 23.4 Å². The second-order valence-electron chi connectivity index (χ2n) is 5.99. The van der Waals surface area contributed by atoms with Gasteiger partial charge in [0.25, 0.3) is 5.91 Å². The monoisotopic (exact) mass is 433 g/mol. The van der Waals surface area contributed by atoms with Crippen LogP contribution in [0.5, 0.6) is 0 Å². The van der Waals surface area contributed by atoms with Gasteiger partial charge >= 0.3 is 0 Å². The summed E-state index contributed by atoms with van der Waals surface area (Å²) in [5.41, 5.74) is 1.00. The van der Waals surface area contributed by atoms with Crippen LogP contribution in [0.4, 0.5) is 10.1 Å². The minimum absolute atomic E-state index is 0.149. The van der Waals surface area contributed by atoms with Gasteiger partial charge in [-0.2, -0.15) is 0 Å². The molecule has 0 unspecified atom stereocenters. The maximum absolute atomic E-state index is 12.9. The van der Waals surface area contributed by atoms with Crippen molar-refractivity contribution >= 4 is 40.9 Å². The zero-order valence-electron chi connectivity index (χ0n) is 15.4. The lowest BCUT2D eigenvalue weighted by Gasteiger charge is -2.07. The summed E-state index contributed by atoms with van der Waals surface area (Å²) in [6, 6.07) is 12.1. The van der Waals surface area contributed by atoms with E-state index in [1.807, 2.05) is 0 Å². The third-order valence-corrected chi connectivity index (χ3v) is 5.17. The summed E-state index contributed by atoms with van der Waals surface area (Å²) < 4.78 is 14.6. The van der Waals surface area contributed by atoms with Crippen molar-refractivity contribution in [2.75, 3.05) is 11.1 Å². The molecule has 3 aromatic rings. The molecule has 2 amide bonds. The van der Waals surface area contributed by atoms with E-state index in [4.69, 9.17) is 11.6 Å². The topological polar surface area (TPSA) is 88.9 Å². The average molecular weight is 434 g/mol. The van der Waals surface area contributed by atoms with Crippen LogP contribution in [-0.4, -0.2) is 32.3 Å². The number of halogens is 2. The molecule has 3 rings (SSSR count). The number of benzene rings is 2. The van der Waals surface area contributed by atoms with Crippen molar-refractivity contribution in [2.24, 2.45) is 7.05 Å². The highest BCUT2D eigenvalue weighted by molar-refractivity contribution is 7.99. The van der Waals surface area contributed by atoms with Crippen molar-refractivity contribution in [1.29, 1.82) is 0 Å². The molecule has 7 nitrogen and oxygen atoms in total. The molecule has 150 valence electrons. The Balaban J connectivity index is 1.51. The van der Waals surface area contributed by atoms with Crippen LogP contribution in [-0.2, 0) is 18.4 Å². The van der Waals surface area contributed by atoms with Crippen LogP contribution in [0.2, 0.25) is 5.02 Å². The number of aromatic nitrogens is 3. The normalized spacial score (nSPS) is 10.6. The predicted octanol–water partition coefficient (Wildman–Crippen LogP) is 3.27. The molecule has 0 fully saturated rings. The second kappa shape index (κ2) is 9.53. The summed E-state index contributed by atoms with van der Waals surface area (Å²) >= 11 is 7.05. The van der Waals surface area contributed by atoms with E-state index < -0.39 is 5.82 Å². The number of nitrogens with one attached hydrogen (secondary N) is 2. The predicted molar refractivity (Wildman–Crippen MR) is 109 cm³/mol. The molecular formula is C19H17ClFN5O2S. The highest BCUT2D eigenvalue weighted by Gasteiger charge is 2.13. The Morgan fingerprint density at radius 1 is 1.10 bits per heavy atom. The largest absolute Gasteiger partial charge is 0.345 e. The zero-order chi connectivity index (χ0) is 20.8. The first kappa shape index (κ1) is 20.8. The van der Waals surface area contributed by atoms with E-state index in [0.29, 0.717) is 27.3 Å². The Kier molecular flexibility index (Phi) is 6.84. The standard InChI is InChI=1S/C19H17ClFN5O2S/c1-26-16(10-22-18(28)12-2-6-14(21)7-3-12)24-25-19(26)29-11-17(27)23-15-8-4-13(20)5-9-15/h2-9H,10-11H2,1H3,(H,22,28)(H,23,27). The van der Waals surface area contributed by atoms with E-state index in [1.165, 1.54) is 36.0 Å². The van der Waals surface area contributed by atoms with E-state index in [0.717, 1.165) is 0 Å². The van der Waals surface area contributed by atoms with Crippen molar-refractivity contribution < 1.29 is 14.0 Å². The molecule has 0 aliphatic heterocycles. The first-order chi connectivity index (χ1) is 13.9. The Labute approximate surface area is 175 Å². The lowest BCUT2D eigenvalue weighted by atomic mass is 10.2. The molecule has 0 saturated carbocycles. The molecule has 1 heterocycles. The van der Waals surface area contributed by atoms with E-state index in [2.05, 4.69) is 20.8 Å². The van der Waals surface area contributed by atoms with E-state index in [9.17, 15) is 14.0 Å². The molecule has 0 spiro atoms. The third-order valence-electron chi connectivity index (χ3n) is 3.90. The van der Waals surface area contributed by atoms with Gasteiger partial charge < -0.3 is 15.2 Å². The van der Waals surface area contributed by atoms with Gasteiger partial charge in [0.05, 0.1) is 12.3 Å². The zero-order valence-corrected chi connectivity index (χ0v) is 16.9. The van der Waals surface area contributed by atoms with Gasteiger partial charge in [0.15, 0.2) is 11.0 Å². The molecule has 0 atom stereocenters. The van der Waals surface area contributed by atoms with Crippen molar-refractivity contribution in [3.8, 4) is 0 Å². The van der Waals surface area contributed by atoms with Gasteiger partial charge in [0.1, 0.15) is 5.82 Å². The van der Waals surface area contributed by atoms with E-state index in [1.54, 1.807) is 35.9 Å². The summed E-state index contributed by atoms with van der Waals surface area (Å²) in [4.78, 5) is 24.2. The number of carbonyl (C=O) groups excluding carboxylic acids is 2. The number of carbonyl (C=O) groups is 2. The fraction of sp³-hybridized carbons (Fsp3) is 0.158. The molecule has 0 bridgehead atoms. The summed E-state index contributed by atoms with van der Waals surface area (Å²) in [6.45, 7) is 0.150. The first-order valence-electron chi connectivity index (χ1n) is 8.52. The molecule has 0 aliphatic rings. The first-order valence-corrected chi connectivity index (χ1v) is 9.89. The highest BCUT2D eigenvalue weighted by Crippen LogP contribution is 2.17. The van der Waals surface area contributed by atoms with Crippen molar-refractivity contribution in [1.82, 2.24) is 20.1 Å². The van der Waals surface area contributed by atoms with E-state index >= 15 is 0 Å². The van der Waals surface area contributed by atoms with Crippen LogP contribution in [0.3, 0.4) is 0 Å². The Morgan fingerprint density at radius 2 is 1.79 bits per heavy atom. The van der Waals surface area contributed by atoms with Crippen LogP contribution in [0.15, 0.2) is 53.7 Å². The number of hydrogen-bond acceptors (Lipinski definition) is 5. The fourth-order valence-corrected chi connectivity index (χ4v) is 3.20. The molecule has 29 heavy (non-hydrogen) atoms. The van der Waals surface area contributed by atoms with E-state index in [-0.39, 0.29) is 24.1 Å². The van der Waals surface area contributed by atoms with Gasteiger partial charge in [-0.1, -0.05) is 23.4 Å². The molecule has 0 saturated heterocycles. The smallest absolute Gasteiger partial charge is 0.251 e. The van der Waals surface area contributed by atoms with Gasteiger partial charge in [-0.25, -0.2) is 4.39 Å². The minimum atomic E-state index is -0.406. The number of rotatable bonds is 7.